The van der Waals surface area contributed by atoms with Gasteiger partial charge in [-0.25, -0.2) is 4.55 Å². The summed E-state index contributed by atoms with van der Waals surface area (Å²) in [6.45, 7) is 0. The lowest BCUT2D eigenvalue weighted by Crippen LogP contribution is -2.43. The zero-order valence-electron chi connectivity index (χ0n) is 16.9. The van der Waals surface area contributed by atoms with Gasteiger partial charge in [-0.15, -0.1) is 8.42 Å². The van der Waals surface area contributed by atoms with E-state index in [1.165, 1.54) is 18.2 Å². The minimum Gasteiger partial charge on any atom is -0.437 e. The number of benzene rings is 3. The smallest absolute Gasteiger partial charge is 0.437 e. The van der Waals surface area contributed by atoms with Gasteiger partial charge in [-0.1, -0.05) is 59.3 Å². The standard InChI is InChI=1S/C21H13ClN2O7S3/c22-15-7-9-19-17(11-15)24(34(28,29)30)21(32-19)12-20-23(33(25,26)27)16-10-14(6-8-18(16)31-20)13-4-2-1-3-5-13/h1-12H,(H-,25,26,27,28,29,30)/p+1. The molecule has 2 N–H and O–H groups in total. The van der Waals surface area contributed by atoms with Crippen molar-refractivity contribution in [1.82, 2.24) is 0 Å². The lowest BCUT2D eigenvalue weighted by molar-refractivity contribution is -0.486. The van der Waals surface area contributed by atoms with Gasteiger partial charge in [0.2, 0.25) is 11.4 Å². The second kappa shape index (κ2) is 8.05. The molecule has 0 bridgehead atoms. The van der Waals surface area contributed by atoms with Crippen molar-refractivity contribution < 1.29 is 34.7 Å². The number of rotatable bonds is 4. The first-order chi connectivity index (χ1) is 16.0. The molecule has 34 heavy (non-hydrogen) atoms. The summed E-state index contributed by atoms with van der Waals surface area (Å²) in [4.78, 5) is 0. The van der Waals surface area contributed by atoms with E-state index in [9.17, 15) is 25.9 Å². The van der Waals surface area contributed by atoms with E-state index < -0.39 is 20.6 Å². The van der Waals surface area contributed by atoms with E-state index >= 15 is 0 Å². The van der Waals surface area contributed by atoms with Crippen LogP contribution < -0.4 is 13.0 Å². The number of hydrogen-bond donors (Lipinski definition) is 2. The molecule has 1 aliphatic heterocycles. The number of halogens is 1. The first kappa shape index (κ1) is 22.8. The van der Waals surface area contributed by atoms with Gasteiger partial charge in [-0.2, -0.15) is 12.7 Å². The Hall–Kier alpha value is -3.00. The largest absolute Gasteiger partial charge is 0.513 e. The van der Waals surface area contributed by atoms with Crippen LogP contribution in [0.25, 0.3) is 27.4 Å². The number of hydrogen-bond acceptors (Lipinski definition) is 6. The van der Waals surface area contributed by atoms with Crippen LogP contribution in [0.3, 0.4) is 0 Å². The summed E-state index contributed by atoms with van der Waals surface area (Å²) in [5, 5.41) is 0.152. The van der Waals surface area contributed by atoms with Crippen LogP contribution in [0.15, 0.2) is 72.6 Å². The zero-order chi connectivity index (χ0) is 24.3. The summed E-state index contributed by atoms with van der Waals surface area (Å²) < 4.78 is 76.0. The molecule has 13 heteroatoms. The number of ether oxygens (including phenoxy) is 1. The van der Waals surface area contributed by atoms with Gasteiger partial charge in [0, 0.05) is 11.1 Å². The van der Waals surface area contributed by atoms with Crippen LogP contribution in [0, 0.1) is 0 Å². The molecule has 3 aromatic carbocycles. The minimum absolute atomic E-state index is 0.0395. The normalized spacial score (nSPS) is 15.0. The Kier molecular flexibility index (Phi) is 5.39. The molecular formula is C21H14ClN2O7S3+. The van der Waals surface area contributed by atoms with Gasteiger partial charge in [0.15, 0.2) is 5.75 Å². The summed E-state index contributed by atoms with van der Waals surface area (Å²) in [5.74, 6) is -0.246. The maximum Gasteiger partial charge on any atom is 0.513 e. The highest BCUT2D eigenvalue weighted by molar-refractivity contribution is 7.87. The number of thiazole rings is 1. The molecule has 174 valence electrons. The Morgan fingerprint density at radius 3 is 2.35 bits per heavy atom. The maximum absolute atomic E-state index is 12.3. The molecule has 0 atom stereocenters. The Balaban J connectivity index is 1.70. The van der Waals surface area contributed by atoms with Crippen molar-refractivity contribution in [2.24, 2.45) is 0 Å². The van der Waals surface area contributed by atoms with E-state index in [-0.39, 0.29) is 32.9 Å². The molecule has 0 saturated carbocycles. The molecule has 1 aliphatic rings. The van der Waals surface area contributed by atoms with Gasteiger partial charge in [0.05, 0.1) is 6.08 Å². The lowest BCUT2D eigenvalue weighted by Gasteiger charge is -2.13. The summed E-state index contributed by atoms with van der Waals surface area (Å²) in [6.07, 6.45) is 1.10. The second-order valence-corrected chi connectivity index (χ2v) is 11.2. The van der Waals surface area contributed by atoms with Crippen LogP contribution in [0.2, 0.25) is 5.02 Å². The van der Waals surface area contributed by atoms with Gasteiger partial charge in [0.25, 0.3) is 5.01 Å². The summed E-state index contributed by atoms with van der Waals surface area (Å²) in [5.41, 5.74) is 1.61. The van der Waals surface area contributed by atoms with E-state index in [0.717, 1.165) is 23.0 Å². The Labute approximate surface area is 203 Å². The van der Waals surface area contributed by atoms with Crippen LogP contribution >= 0.6 is 22.9 Å². The van der Waals surface area contributed by atoms with Crippen molar-refractivity contribution in [3.8, 4) is 16.9 Å². The van der Waals surface area contributed by atoms with Crippen molar-refractivity contribution >= 4 is 65.5 Å². The SMILES string of the molecule is O=S(=O)(O)N1C(=Cc2sc3ccc(Cl)cc3[n+]2S(=O)(=O)O)Oc2ccc(-c3ccccc3)cc21. The molecule has 9 nitrogen and oxygen atoms in total. The zero-order valence-corrected chi connectivity index (χ0v) is 20.1. The van der Waals surface area contributed by atoms with Gasteiger partial charge < -0.3 is 4.74 Å². The molecule has 2 heterocycles. The molecule has 4 aromatic rings. The average Bonchev–Trinajstić information content (AvgIpc) is 3.30. The van der Waals surface area contributed by atoms with Crippen LogP contribution in [0.5, 0.6) is 5.75 Å². The van der Waals surface area contributed by atoms with Crippen molar-refractivity contribution in [3.05, 3.63) is 82.6 Å². The predicted octanol–water partition coefficient (Wildman–Crippen LogP) is 4.16. The van der Waals surface area contributed by atoms with Gasteiger partial charge in [0.1, 0.15) is 10.4 Å². The van der Waals surface area contributed by atoms with Crippen molar-refractivity contribution in [1.29, 1.82) is 0 Å². The third-order valence-corrected chi connectivity index (χ3v) is 8.08. The first-order valence-corrected chi connectivity index (χ1v) is 13.5. The third kappa shape index (κ3) is 4.04. The van der Waals surface area contributed by atoms with Gasteiger partial charge in [-0.3, -0.25) is 4.55 Å². The summed E-state index contributed by atoms with van der Waals surface area (Å²) >= 11 is 6.93. The van der Waals surface area contributed by atoms with E-state index in [1.807, 2.05) is 30.3 Å². The first-order valence-electron chi connectivity index (χ1n) is 9.51. The molecule has 0 saturated heterocycles. The van der Waals surface area contributed by atoms with Crippen LogP contribution in [-0.2, 0) is 20.6 Å². The molecule has 0 radical (unpaired) electrons. The number of anilines is 1. The quantitative estimate of drug-likeness (QED) is 0.296. The van der Waals surface area contributed by atoms with Crippen molar-refractivity contribution in [2.45, 2.75) is 0 Å². The molecule has 1 aromatic heterocycles. The second-order valence-electron chi connectivity index (χ2n) is 7.17. The fourth-order valence-corrected chi connectivity index (χ4v) is 6.58. The Bertz CT molecular complexity index is 1700. The molecule has 0 unspecified atom stereocenters. The van der Waals surface area contributed by atoms with Crippen molar-refractivity contribution in [2.75, 3.05) is 4.31 Å². The van der Waals surface area contributed by atoms with E-state index in [1.54, 1.807) is 18.2 Å². The molecule has 5 rings (SSSR count). The number of aromatic nitrogens is 1. The van der Waals surface area contributed by atoms with E-state index in [0.29, 0.717) is 18.5 Å². The van der Waals surface area contributed by atoms with Gasteiger partial charge in [-0.05, 0) is 39.4 Å². The highest BCUT2D eigenvalue weighted by Crippen LogP contribution is 2.43. The fraction of sp³-hybridized carbons (Fsp3) is 0. The minimum atomic E-state index is -4.87. The van der Waals surface area contributed by atoms with Crippen LogP contribution in [-0.4, -0.2) is 25.9 Å². The third-order valence-electron chi connectivity index (χ3n) is 4.96. The highest BCUT2D eigenvalue weighted by atomic mass is 35.5. The highest BCUT2D eigenvalue weighted by Gasteiger charge is 2.38. The fourth-order valence-electron chi connectivity index (χ4n) is 3.61. The molecule has 0 spiro atoms. The summed E-state index contributed by atoms with van der Waals surface area (Å²) in [7, 11) is -9.67. The Morgan fingerprint density at radius 1 is 0.941 bits per heavy atom. The van der Waals surface area contributed by atoms with Crippen molar-refractivity contribution in [3.63, 3.8) is 0 Å². The molecule has 0 aliphatic carbocycles. The number of fused-ring (bicyclic) bond motifs is 2. The van der Waals surface area contributed by atoms with E-state index in [2.05, 4.69) is 0 Å². The average molecular weight is 538 g/mol. The summed E-state index contributed by atoms with van der Waals surface area (Å²) in [6, 6.07) is 18.4. The van der Waals surface area contributed by atoms with Crippen LogP contribution in [0.4, 0.5) is 5.69 Å². The van der Waals surface area contributed by atoms with Gasteiger partial charge >= 0.3 is 20.6 Å². The molecule has 0 fully saturated rings. The molecular weight excluding hydrogens is 524 g/mol. The Morgan fingerprint density at radius 2 is 1.68 bits per heavy atom. The lowest BCUT2D eigenvalue weighted by atomic mass is 10.1. The topological polar surface area (TPSA) is 125 Å². The van der Waals surface area contributed by atoms with E-state index in [4.69, 9.17) is 16.3 Å². The predicted molar refractivity (Wildman–Crippen MR) is 128 cm³/mol. The maximum atomic E-state index is 12.3. The molecule has 0 amide bonds. The van der Waals surface area contributed by atoms with Crippen LogP contribution in [0.1, 0.15) is 5.01 Å². The monoisotopic (exact) mass is 537 g/mol. The number of nitrogens with zero attached hydrogens (tertiary/aromatic N) is 2.